The Labute approximate surface area is 276 Å². The zero-order valence-corrected chi connectivity index (χ0v) is 26.4. The number of fused-ring (bicyclic) bond motifs is 2. The summed E-state index contributed by atoms with van der Waals surface area (Å²) in [5.74, 6) is -1.38. The van der Waals surface area contributed by atoms with E-state index in [4.69, 9.17) is 14.7 Å². The predicted octanol–water partition coefficient (Wildman–Crippen LogP) is 3.57. The smallest absolute Gasteiger partial charge is 0.262 e. The number of carbonyl (C=O) groups excluding carboxylic acids is 4. The number of hydrogen-bond acceptors (Lipinski definition) is 10. The summed E-state index contributed by atoms with van der Waals surface area (Å²) in [5.41, 5.74) is 5.98. The van der Waals surface area contributed by atoms with Crippen molar-refractivity contribution in [1.82, 2.24) is 30.0 Å². The van der Waals surface area contributed by atoms with Crippen molar-refractivity contribution in [1.29, 1.82) is 0 Å². The molecule has 48 heavy (non-hydrogen) atoms. The molecule has 2 saturated heterocycles. The highest BCUT2D eigenvalue weighted by atomic mass is 16.5. The van der Waals surface area contributed by atoms with Crippen molar-refractivity contribution in [3.8, 4) is 11.3 Å². The molecule has 13 nitrogen and oxygen atoms in total. The standard InChI is InChI=1S/C35H36N8O5/c44-32-8-7-31(33(45)40-32)43-34(46)26-5-3-23(16-27(26)35(43)47)36-9-1-2-21-14-25(15-21)42-20-22(18-38-42)30-19-37-29-17-24(4-6-28(29)39-30)41-10-12-48-13-11-41/h3-6,16-21,25,31,36H,1-2,7-15H2,(H,40,44,45)/t21-,25+,31?. The van der Waals surface area contributed by atoms with E-state index in [1.54, 1.807) is 18.2 Å². The van der Waals surface area contributed by atoms with Crippen LogP contribution in [0.1, 0.15) is 65.3 Å². The summed E-state index contributed by atoms with van der Waals surface area (Å²) >= 11 is 0. The van der Waals surface area contributed by atoms with E-state index in [0.29, 0.717) is 12.0 Å². The first-order valence-electron chi connectivity index (χ1n) is 16.6. The summed E-state index contributed by atoms with van der Waals surface area (Å²) in [6.07, 6.45) is 10.2. The molecule has 1 aliphatic carbocycles. The highest BCUT2D eigenvalue weighted by Crippen LogP contribution is 2.40. The van der Waals surface area contributed by atoms with Crippen LogP contribution in [0.3, 0.4) is 0 Å². The summed E-state index contributed by atoms with van der Waals surface area (Å²) in [4.78, 5) is 62.7. The lowest BCUT2D eigenvalue weighted by molar-refractivity contribution is -0.136. The lowest BCUT2D eigenvalue weighted by Crippen LogP contribution is -2.54. The van der Waals surface area contributed by atoms with Crippen LogP contribution < -0.4 is 15.5 Å². The molecule has 2 aromatic carbocycles. The molecule has 1 saturated carbocycles. The van der Waals surface area contributed by atoms with Gasteiger partial charge in [-0.15, -0.1) is 0 Å². The molecule has 3 aliphatic heterocycles. The summed E-state index contributed by atoms with van der Waals surface area (Å²) in [5, 5.41) is 10.2. The van der Waals surface area contributed by atoms with Crippen LogP contribution >= 0.6 is 0 Å². The Kier molecular flexibility index (Phi) is 7.83. The average molecular weight is 649 g/mol. The number of carbonyl (C=O) groups is 4. The molecule has 0 bridgehead atoms. The van der Waals surface area contributed by atoms with Crippen LogP contribution in [0.15, 0.2) is 55.0 Å². The summed E-state index contributed by atoms with van der Waals surface area (Å²) in [6.45, 7) is 3.99. The fourth-order valence-electron chi connectivity index (χ4n) is 7.18. The van der Waals surface area contributed by atoms with Gasteiger partial charge in [-0.3, -0.25) is 39.1 Å². The zero-order valence-electron chi connectivity index (χ0n) is 26.4. The van der Waals surface area contributed by atoms with E-state index in [1.165, 1.54) is 0 Å². The van der Waals surface area contributed by atoms with Crippen molar-refractivity contribution in [2.75, 3.05) is 43.1 Å². The van der Waals surface area contributed by atoms with Crippen LogP contribution in [0.4, 0.5) is 11.4 Å². The van der Waals surface area contributed by atoms with Crippen LogP contribution in [0.25, 0.3) is 22.3 Å². The SMILES string of the molecule is O=C1CCC(N2C(=O)c3ccc(NCCC[C@H]4C[C@@H](n5cc(-c6cnc7cc(N8CCOCC8)ccc7n6)cn5)C4)cc3C2=O)C(=O)N1. The van der Waals surface area contributed by atoms with Gasteiger partial charge in [-0.2, -0.15) is 5.10 Å². The van der Waals surface area contributed by atoms with E-state index in [9.17, 15) is 19.2 Å². The highest BCUT2D eigenvalue weighted by Gasteiger charge is 2.44. The maximum atomic E-state index is 13.1. The molecule has 8 rings (SSSR count). The second-order valence-electron chi connectivity index (χ2n) is 13.0. The minimum Gasteiger partial charge on any atom is -0.385 e. The molecule has 0 radical (unpaired) electrons. The molecule has 13 heteroatoms. The molecule has 246 valence electrons. The Hall–Kier alpha value is -5.17. The Morgan fingerprint density at radius 3 is 2.60 bits per heavy atom. The third-order valence-corrected chi connectivity index (χ3v) is 9.94. The van der Waals surface area contributed by atoms with Crippen LogP contribution in [0.2, 0.25) is 0 Å². The number of anilines is 2. The van der Waals surface area contributed by atoms with E-state index in [0.717, 1.165) is 97.1 Å². The number of hydrogen-bond donors (Lipinski definition) is 2. The van der Waals surface area contributed by atoms with Crippen molar-refractivity contribution in [3.05, 3.63) is 66.1 Å². The minimum absolute atomic E-state index is 0.0963. The second kappa shape index (κ2) is 12.5. The van der Waals surface area contributed by atoms with Gasteiger partial charge >= 0.3 is 0 Å². The Morgan fingerprint density at radius 2 is 1.77 bits per heavy atom. The molecule has 4 amide bonds. The zero-order chi connectivity index (χ0) is 32.8. The number of rotatable bonds is 9. The number of piperidine rings is 1. The number of aromatic nitrogens is 4. The number of benzene rings is 2. The van der Waals surface area contributed by atoms with Crippen LogP contribution in [-0.4, -0.2) is 87.2 Å². The van der Waals surface area contributed by atoms with Crippen molar-refractivity contribution in [2.45, 2.75) is 50.6 Å². The van der Waals surface area contributed by atoms with Crippen LogP contribution in [0, 0.1) is 5.92 Å². The third kappa shape index (κ3) is 5.68. The van der Waals surface area contributed by atoms with Gasteiger partial charge in [-0.05, 0) is 74.4 Å². The second-order valence-corrected chi connectivity index (χ2v) is 13.0. The van der Waals surface area contributed by atoms with Gasteiger partial charge in [0.1, 0.15) is 6.04 Å². The monoisotopic (exact) mass is 648 g/mol. The quantitative estimate of drug-likeness (QED) is 0.204. The summed E-state index contributed by atoms with van der Waals surface area (Å²) in [7, 11) is 0. The fraction of sp³-hybridized carbons (Fsp3) is 0.400. The van der Waals surface area contributed by atoms with Gasteiger partial charge < -0.3 is 15.0 Å². The normalized spacial score (nSPS) is 22.5. The molecule has 3 fully saturated rings. The van der Waals surface area contributed by atoms with E-state index < -0.39 is 29.7 Å². The van der Waals surface area contributed by atoms with Gasteiger partial charge in [-0.1, -0.05) is 0 Å². The molecule has 1 unspecified atom stereocenters. The Bertz CT molecular complexity index is 1930. The Morgan fingerprint density at radius 1 is 0.938 bits per heavy atom. The van der Waals surface area contributed by atoms with Crippen molar-refractivity contribution in [2.24, 2.45) is 5.92 Å². The van der Waals surface area contributed by atoms with E-state index >= 15 is 0 Å². The maximum Gasteiger partial charge on any atom is 0.262 e. The molecular weight excluding hydrogens is 612 g/mol. The molecule has 2 N–H and O–H groups in total. The molecule has 1 atom stereocenters. The molecule has 4 aliphatic rings. The predicted molar refractivity (Wildman–Crippen MR) is 176 cm³/mol. The molecule has 2 aromatic heterocycles. The number of ether oxygens (including phenoxy) is 1. The maximum absolute atomic E-state index is 13.1. The van der Waals surface area contributed by atoms with Crippen molar-refractivity contribution in [3.63, 3.8) is 0 Å². The lowest BCUT2D eigenvalue weighted by atomic mass is 9.77. The third-order valence-electron chi connectivity index (χ3n) is 9.94. The largest absolute Gasteiger partial charge is 0.385 e. The first-order chi connectivity index (χ1) is 23.4. The molecule has 5 heterocycles. The Balaban J connectivity index is 0.809. The topological polar surface area (TPSA) is 152 Å². The number of amides is 4. The number of nitrogens with one attached hydrogen (secondary N) is 2. The van der Waals surface area contributed by atoms with Crippen molar-refractivity contribution >= 4 is 46.0 Å². The van der Waals surface area contributed by atoms with E-state index in [-0.39, 0.29) is 24.0 Å². The number of imide groups is 2. The summed E-state index contributed by atoms with van der Waals surface area (Å²) in [6, 6.07) is 10.7. The molecule has 4 aromatic rings. The van der Waals surface area contributed by atoms with Gasteiger partial charge in [0.2, 0.25) is 11.8 Å². The average Bonchev–Trinajstić information content (AvgIpc) is 3.66. The first kappa shape index (κ1) is 30.2. The van der Waals surface area contributed by atoms with E-state index in [2.05, 4.69) is 43.6 Å². The van der Waals surface area contributed by atoms with Gasteiger partial charge in [0, 0.05) is 49.2 Å². The van der Waals surface area contributed by atoms with E-state index in [1.807, 2.05) is 18.5 Å². The molecular formula is C35H36N8O5. The van der Waals surface area contributed by atoms with Gasteiger partial charge in [0.05, 0.1) is 59.5 Å². The molecule has 0 spiro atoms. The highest BCUT2D eigenvalue weighted by molar-refractivity contribution is 6.23. The van der Waals surface area contributed by atoms with Gasteiger partial charge in [0.15, 0.2) is 0 Å². The lowest BCUT2D eigenvalue weighted by Gasteiger charge is -2.35. The van der Waals surface area contributed by atoms with Crippen molar-refractivity contribution < 1.29 is 23.9 Å². The number of nitrogens with zero attached hydrogens (tertiary/aromatic N) is 6. The number of morpholine rings is 1. The van der Waals surface area contributed by atoms with Gasteiger partial charge in [-0.25, -0.2) is 4.98 Å². The summed E-state index contributed by atoms with van der Waals surface area (Å²) < 4.78 is 7.53. The minimum atomic E-state index is -0.965. The first-order valence-corrected chi connectivity index (χ1v) is 16.6. The van der Waals surface area contributed by atoms with Crippen LogP contribution in [-0.2, 0) is 14.3 Å². The fourth-order valence-corrected chi connectivity index (χ4v) is 7.18. The van der Waals surface area contributed by atoms with Gasteiger partial charge in [0.25, 0.3) is 11.8 Å². The van der Waals surface area contributed by atoms with Crippen LogP contribution in [0.5, 0.6) is 0 Å².